The SMILES string of the molecule is CC(C)C1[C]=C2C(C(C)(C)C)=C1C2(c1ccccc1)c1ccccc1. The molecule has 3 aliphatic rings. The fourth-order valence-electron chi connectivity index (χ4n) is 4.80. The van der Waals surface area contributed by atoms with Crippen molar-refractivity contribution in [2.24, 2.45) is 17.3 Å². The van der Waals surface area contributed by atoms with Crippen LogP contribution in [-0.4, -0.2) is 0 Å². The Morgan fingerprint density at radius 3 is 1.68 bits per heavy atom. The van der Waals surface area contributed by atoms with Crippen LogP contribution in [0.4, 0.5) is 0 Å². The maximum Gasteiger partial charge on any atom is 0.0679 e. The number of fused-ring (bicyclic) bond motifs is 1. The average molecular weight is 327 g/mol. The fraction of sp³-hybridized carbons (Fsp3) is 0.360. The Morgan fingerprint density at radius 2 is 1.32 bits per heavy atom. The lowest BCUT2D eigenvalue weighted by molar-refractivity contribution is 0.422. The van der Waals surface area contributed by atoms with Crippen LogP contribution in [0.25, 0.3) is 0 Å². The molecule has 0 heteroatoms. The first-order valence-corrected chi connectivity index (χ1v) is 9.39. The molecule has 1 radical (unpaired) electrons. The molecule has 127 valence electrons. The lowest BCUT2D eigenvalue weighted by atomic mass is 9.51. The predicted molar refractivity (Wildman–Crippen MR) is 105 cm³/mol. The number of rotatable bonds is 3. The first kappa shape index (κ1) is 16.4. The standard InChI is InChI=1S/C25H27/c1-17(2)20-16-21-23(24(3,4)5)22(20)25(21,18-12-8-6-9-13-18)19-14-10-7-11-15-19/h6-15,17,20H,1-5H3. The Labute approximate surface area is 152 Å². The molecule has 0 saturated heterocycles. The lowest BCUT2D eigenvalue weighted by Gasteiger charge is -2.51. The zero-order chi connectivity index (χ0) is 17.8. The third kappa shape index (κ3) is 2.13. The number of hydrogen-bond acceptors (Lipinski definition) is 0. The van der Waals surface area contributed by atoms with Gasteiger partial charge in [0, 0.05) is 5.92 Å². The predicted octanol–water partition coefficient (Wildman–Crippen LogP) is 6.34. The van der Waals surface area contributed by atoms with Gasteiger partial charge < -0.3 is 0 Å². The molecule has 0 heterocycles. The van der Waals surface area contributed by atoms with Crippen molar-refractivity contribution >= 4 is 0 Å². The second kappa shape index (κ2) is 5.46. The minimum Gasteiger partial charge on any atom is -0.0622 e. The fourth-order valence-corrected chi connectivity index (χ4v) is 4.80. The molecule has 0 N–H and O–H groups in total. The van der Waals surface area contributed by atoms with Crippen molar-refractivity contribution in [1.82, 2.24) is 0 Å². The van der Waals surface area contributed by atoms with Crippen molar-refractivity contribution in [3.8, 4) is 0 Å². The highest BCUT2D eigenvalue weighted by atomic mass is 14.6. The molecule has 0 aliphatic heterocycles. The third-order valence-corrected chi connectivity index (χ3v) is 5.74. The van der Waals surface area contributed by atoms with E-state index in [1.807, 2.05) is 0 Å². The van der Waals surface area contributed by atoms with Gasteiger partial charge in [-0.05, 0) is 45.3 Å². The van der Waals surface area contributed by atoms with Gasteiger partial charge in [0.2, 0.25) is 0 Å². The van der Waals surface area contributed by atoms with E-state index in [2.05, 4.69) is 101 Å². The molecule has 25 heavy (non-hydrogen) atoms. The Hall–Kier alpha value is -2.08. The highest BCUT2D eigenvalue weighted by Gasteiger charge is 2.60. The van der Waals surface area contributed by atoms with E-state index in [-0.39, 0.29) is 10.8 Å². The van der Waals surface area contributed by atoms with Gasteiger partial charge in [0.05, 0.1) is 5.41 Å². The van der Waals surface area contributed by atoms with Gasteiger partial charge in [-0.1, -0.05) is 95.3 Å². The molecule has 2 aromatic rings. The minimum atomic E-state index is -0.0972. The summed E-state index contributed by atoms with van der Waals surface area (Å²) in [6.45, 7) is 11.7. The molecule has 0 nitrogen and oxygen atoms in total. The normalized spacial score (nSPS) is 21.4. The highest BCUT2D eigenvalue weighted by Crippen LogP contribution is 2.68. The molecule has 0 aromatic heterocycles. The topological polar surface area (TPSA) is 0 Å². The molecule has 0 amide bonds. The number of benzene rings is 2. The van der Waals surface area contributed by atoms with E-state index < -0.39 is 0 Å². The lowest BCUT2D eigenvalue weighted by Crippen LogP contribution is -2.43. The molecule has 1 unspecified atom stereocenters. The van der Waals surface area contributed by atoms with Crippen molar-refractivity contribution in [1.29, 1.82) is 0 Å². The quantitative estimate of drug-likeness (QED) is 0.616. The van der Waals surface area contributed by atoms with Crippen molar-refractivity contribution in [2.75, 3.05) is 0 Å². The smallest absolute Gasteiger partial charge is 0.0622 e. The van der Waals surface area contributed by atoms with Gasteiger partial charge in [-0.25, -0.2) is 0 Å². The van der Waals surface area contributed by atoms with Gasteiger partial charge >= 0.3 is 0 Å². The van der Waals surface area contributed by atoms with Crippen molar-refractivity contribution in [3.05, 3.63) is 94.6 Å². The summed E-state index contributed by atoms with van der Waals surface area (Å²) in [5.41, 5.74) is 7.38. The van der Waals surface area contributed by atoms with Crippen LogP contribution in [-0.2, 0) is 5.41 Å². The third-order valence-electron chi connectivity index (χ3n) is 5.74. The molecule has 2 bridgehead atoms. The Bertz CT molecular complexity index is 802. The molecular weight excluding hydrogens is 300 g/mol. The van der Waals surface area contributed by atoms with E-state index in [0.717, 1.165) is 0 Å². The summed E-state index contributed by atoms with van der Waals surface area (Å²) in [6, 6.07) is 22.0. The van der Waals surface area contributed by atoms with Gasteiger partial charge in [0.25, 0.3) is 0 Å². The van der Waals surface area contributed by atoms with Gasteiger partial charge in [0.15, 0.2) is 0 Å². The molecule has 0 fully saturated rings. The largest absolute Gasteiger partial charge is 0.0679 e. The second-order valence-electron chi connectivity index (χ2n) is 8.76. The van der Waals surface area contributed by atoms with Crippen LogP contribution < -0.4 is 0 Å². The second-order valence-corrected chi connectivity index (χ2v) is 8.76. The van der Waals surface area contributed by atoms with Crippen LogP contribution in [0, 0.1) is 23.3 Å². The van der Waals surface area contributed by atoms with Crippen LogP contribution in [0.1, 0.15) is 45.7 Å². The molecule has 0 spiro atoms. The first-order valence-electron chi connectivity index (χ1n) is 9.39. The Morgan fingerprint density at radius 1 is 0.840 bits per heavy atom. The van der Waals surface area contributed by atoms with Crippen molar-refractivity contribution < 1.29 is 0 Å². The van der Waals surface area contributed by atoms with Crippen LogP contribution >= 0.6 is 0 Å². The highest BCUT2D eigenvalue weighted by molar-refractivity contribution is 5.77. The number of allylic oxidation sites excluding steroid dienone is 4. The van der Waals surface area contributed by atoms with E-state index in [4.69, 9.17) is 0 Å². The Balaban J connectivity index is 2.03. The van der Waals surface area contributed by atoms with E-state index in [1.54, 1.807) is 11.1 Å². The van der Waals surface area contributed by atoms with E-state index >= 15 is 0 Å². The summed E-state index contributed by atoms with van der Waals surface area (Å²) in [6.07, 6.45) is 3.91. The number of hydrogen-bond donors (Lipinski definition) is 0. The van der Waals surface area contributed by atoms with Crippen molar-refractivity contribution in [2.45, 2.75) is 40.0 Å². The van der Waals surface area contributed by atoms with Gasteiger partial charge in [-0.15, -0.1) is 0 Å². The van der Waals surface area contributed by atoms with Gasteiger partial charge in [0.1, 0.15) is 0 Å². The summed E-state index contributed by atoms with van der Waals surface area (Å²) in [4.78, 5) is 0. The maximum atomic E-state index is 3.91. The van der Waals surface area contributed by atoms with E-state index in [0.29, 0.717) is 11.8 Å². The monoisotopic (exact) mass is 327 g/mol. The summed E-state index contributed by atoms with van der Waals surface area (Å²) in [5, 5.41) is 0. The van der Waals surface area contributed by atoms with Crippen molar-refractivity contribution in [3.63, 3.8) is 0 Å². The Kier molecular flexibility index (Phi) is 3.58. The van der Waals surface area contributed by atoms with E-state index in [9.17, 15) is 0 Å². The molecule has 5 rings (SSSR count). The zero-order valence-electron chi connectivity index (χ0n) is 15.9. The van der Waals surface area contributed by atoms with E-state index in [1.165, 1.54) is 16.7 Å². The van der Waals surface area contributed by atoms with Crippen LogP contribution in [0.3, 0.4) is 0 Å². The molecule has 3 aliphatic carbocycles. The summed E-state index contributed by atoms with van der Waals surface area (Å²) in [7, 11) is 0. The maximum absolute atomic E-state index is 3.91. The zero-order valence-corrected chi connectivity index (χ0v) is 15.9. The summed E-state index contributed by atoms with van der Waals surface area (Å²) >= 11 is 0. The van der Waals surface area contributed by atoms with Gasteiger partial charge in [-0.2, -0.15) is 0 Å². The summed E-state index contributed by atoms with van der Waals surface area (Å²) < 4.78 is 0. The molecule has 2 aromatic carbocycles. The molecular formula is C25H27. The average Bonchev–Trinajstić information content (AvgIpc) is 3.14. The van der Waals surface area contributed by atoms with Gasteiger partial charge in [-0.3, -0.25) is 0 Å². The molecule has 1 atom stereocenters. The van der Waals surface area contributed by atoms with Crippen LogP contribution in [0.15, 0.2) is 77.4 Å². The summed E-state index contributed by atoms with van der Waals surface area (Å²) in [5.74, 6) is 0.990. The minimum absolute atomic E-state index is 0.0972. The van der Waals surface area contributed by atoms with Crippen LogP contribution in [0.2, 0.25) is 0 Å². The van der Waals surface area contributed by atoms with Crippen LogP contribution in [0.5, 0.6) is 0 Å². The first-order chi connectivity index (χ1) is 11.9. The molecule has 0 saturated carbocycles.